The second-order valence-electron chi connectivity index (χ2n) is 4.60. The predicted molar refractivity (Wildman–Crippen MR) is 74.1 cm³/mol. The van der Waals surface area contributed by atoms with Crippen molar-refractivity contribution in [2.24, 2.45) is 7.05 Å². The van der Waals surface area contributed by atoms with Gasteiger partial charge in [-0.15, -0.1) is 0 Å². The molecule has 0 N–H and O–H groups in total. The van der Waals surface area contributed by atoms with Crippen LogP contribution in [0.2, 0.25) is 0 Å². The first kappa shape index (κ1) is 13.1. The molecule has 0 aliphatic rings. The van der Waals surface area contributed by atoms with Gasteiger partial charge in [0.05, 0.1) is 17.3 Å². The Kier molecular flexibility index (Phi) is 3.52. The molecule has 0 aliphatic carbocycles. The lowest BCUT2D eigenvalue weighted by Crippen LogP contribution is -2.10. The first-order chi connectivity index (χ1) is 9.08. The van der Waals surface area contributed by atoms with Crippen molar-refractivity contribution in [3.05, 3.63) is 58.4 Å². The Labute approximate surface area is 113 Å². The SMILES string of the molecule is CCc1cc(C)c(C(=O)c2ccc(C#N)cc2)n1C. The van der Waals surface area contributed by atoms with Gasteiger partial charge in [-0.1, -0.05) is 6.92 Å². The van der Waals surface area contributed by atoms with Crippen LogP contribution in [0.1, 0.15) is 39.8 Å². The number of aryl methyl sites for hydroxylation is 2. The summed E-state index contributed by atoms with van der Waals surface area (Å²) in [7, 11) is 1.92. The number of carbonyl (C=O) groups excluding carboxylic acids is 1. The molecule has 3 heteroatoms. The van der Waals surface area contributed by atoms with Gasteiger partial charge in [0.15, 0.2) is 0 Å². The number of nitriles is 1. The fraction of sp³-hybridized carbons (Fsp3) is 0.250. The topological polar surface area (TPSA) is 45.8 Å². The summed E-state index contributed by atoms with van der Waals surface area (Å²) in [6.45, 7) is 4.03. The number of hydrogen-bond acceptors (Lipinski definition) is 2. The summed E-state index contributed by atoms with van der Waals surface area (Å²) in [6.07, 6.45) is 0.901. The van der Waals surface area contributed by atoms with Gasteiger partial charge in [-0.3, -0.25) is 4.79 Å². The van der Waals surface area contributed by atoms with Gasteiger partial charge in [0.25, 0.3) is 0 Å². The Morgan fingerprint density at radius 1 is 1.32 bits per heavy atom. The first-order valence-electron chi connectivity index (χ1n) is 6.28. The molecule has 0 atom stereocenters. The Morgan fingerprint density at radius 2 is 1.95 bits per heavy atom. The van der Waals surface area contributed by atoms with Crippen LogP contribution in [-0.2, 0) is 13.5 Å². The Hall–Kier alpha value is -2.34. The monoisotopic (exact) mass is 252 g/mol. The molecule has 0 fully saturated rings. The highest BCUT2D eigenvalue weighted by atomic mass is 16.1. The molecule has 0 saturated heterocycles. The molecule has 2 rings (SSSR count). The lowest BCUT2D eigenvalue weighted by molar-refractivity contribution is 0.103. The van der Waals surface area contributed by atoms with Gasteiger partial charge in [0.1, 0.15) is 0 Å². The van der Waals surface area contributed by atoms with Gasteiger partial charge in [0.2, 0.25) is 5.78 Å². The van der Waals surface area contributed by atoms with Crippen molar-refractivity contribution in [2.75, 3.05) is 0 Å². The zero-order valence-electron chi connectivity index (χ0n) is 11.4. The molecule has 0 aliphatic heterocycles. The molecule has 3 nitrogen and oxygen atoms in total. The molecular weight excluding hydrogens is 236 g/mol. The van der Waals surface area contributed by atoms with E-state index >= 15 is 0 Å². The standard InChI is InChI=1S/C16H16N2O/c1-4-14-9-11(2)15(18(14)3)16(19)13-7-5-12(10-17)6-8-13/h5-9H,4H2,1-3H3. The molecule has 1 aromatic carbocycles. The van der Waals surface area contributed by atoms with Gasteiger partial charge in [-0.25, -0.2) is 0 Å². The van der Waals surface area contributed by atoms with E-state index in [-0.39, 0.29) is 5.78 Å². The van der Waals surface area contributed by atoms with Crippen LogP contribution in [0.25, 0.3) is 0 Å². The summed E-state index contributed by atoms with van der Waals surface area (Å²) in [6, 6.07) is 10.9. The zero-order valence-corrected chi connectivity index (χ0v) is 11.4. The third kappa shape index (κ3) is 2.30. The van der Waals surface area contributed by atoms with E-state index < -0.39 is 0 Å². The van der Waals surface area contributed by atoms with E-state index in [4.69, 9.17) is 5.26 Å². The average molecular weight is 252 g/mol. The molecule has 0 unspecified atom stereocenters. The molecule has 0 spiro atoms. The highest BCUT2D eigenvalue weighted by Crippen LogP contribution is 2.19. The average Bonchev–Trinajstić information content (AvgIpc) is 2.72. The van der Waals surface area contributed by atoms with Crippen LogP contribution in [-0.4, -0.2) is 10.4 Å². The number of nitrogens with zero attached hydrogens (tertiary/aromatic N) is 2. The van der Waals surface area contributed by atoms with Crippen molar-refractivity contribution in [2.45, 2.75) is 20.3 Å². The van der Waals surface area contributed by atoms with E-state index in [1.807, 2.05) is 18.5 Å². The van der Waals surface area contributed by atoms with Crippen LogP contribution in [0.4, 0.5) is 0 Å². The van der Waals surface area contributed by atoms with Crippen molar-refractivity contribution in [3.63, 3.8) is 0 Å². The smallest absolute Gasteiger partial charge is 0.209 e. The van der Waals surface area contributed by atoms with E-state index in [9.17, 15) is 4.79 Å². The van der Waals surface area contributed by atoms with Crippen LogP contribution in [0, 0.1) is 18.3 Å². The minimum Gasteiger partial charge on any atom is -0.345 e. The van der Waals surface area contributed by atoms with Crippen LogP contribution >= 0.6 is 0 Å². The second-order valence-corrected chi connectivity index (χ2v) is 4.60. The van der Waals surface area contributed by atoms with Crippen LogP contribution in [0.3, 0.4) is 0 Å². The first-order valence-corrected chi connectivity index (χ1v) is 6.28. The van der Waals surface area contributed by atoms with Gasteiger partial charge >= 0.3 is 0 Å². The number of rotatable bonds is 3. The van der Waals surface area contributed by atoms with Crippen LogP contribution in [0.5, 0.6) is 0 Å². The Morgan fingerprint density at radius 3 is 2.42 bits per heavy atom. The van der Waals surface area contributed by atoms with Crippen molar-refractivity contribution in [1.29, 1.82) is 5.26 Å². The summed E-state index contributed by atoms with van der Waals surface area (Å²) in [4.78, 5) is 12.5. The third-order valence-corrected chi connectivity index (χ3v) is 3.38. The molecule has 1 heterocycles. The largest absolute Gasteiger partial charge is 0.345 e. The van der Waals surface area contributed by atoms with Crippen molar-refractivity contribution in [3.8, 4) is 6.07 Å². The molecule has 2 aromatic rings. The van der Waals surface area contributed by atoms with E-state index in [0.717, 1.165) is 23.4 Å². The summed E-state index contributed by atoms with van der Waals surface area (Å²) in [5.41, 5.74) is 4.05. The van der Waals surface area contributed by atoms with Crippen molar-refractivity contribution in [1.82, 2.24) is 4.57 Å². The number of aromatic nitrogens is 1. The third-order valence-electron chi connectivity index (χ3n) is 3.38. The van der Waals surface area contributed by atoms with E-state index in [0.29, 0.717) is 11.1 Å². The highest BCUT2D eigenvalue weighted by molar-refractivity contribution is 6.09. The maximum atomic E-state index is 12.5. The molecule has 96 valence electrons. The summed E-state index contributed by atoms with van der Waals surface area (Å²) in [5, 5.41) is 8.77. The minimum absolute atomic E-state index is 0.00388. The quantitative estimate of drug-likeness (QED) is 0.788. The number of carbonyl (C=O) groups is 1. The summed E-state index contributed by atoms with van der Waals surface area (Å²) >= 11 is 0. The number of ketones is 1. The lowest BCUT2D eigenvalue weighted by Gasteiger charge is -2.07. The molecule has 0 amide bonds. The van der Waals surface area contributed by atoms with Gasteiger partial charge in [0, 0.05) is 18.3 Å². The van der Waals surface area contributed by atoms with Crippen LogP contribution < -0.4 is 0 Å². The Bertz CT molecular complexity index is 657. The molecular formula is C16H16N2O. The second kappa shape index (κ2) is 5.11. The highest BCUT2D eigenvalue weighted by Gasteiger charge is 2.17. The van der Waals surface area contributed by atoms with Crippen molar-refractivity contribution < 1.29 is 4.79 Å². The molecule has 19 heavy (non-hydrogen) atoms. The molecule has 1 aromatic heterocycles. The van der Waals surface area contributed by atoms with Crippen molar-refractivity contribution >= 4 is 5.78 Å². The van der Waals surface area contributed by atoms with Gasteiger partial charge < -0.3 is 4.57 Å². The lowest BCUT2D eigenvalue weighted by atomic mass is 10.0. The Balaban J connectivity index is 2.44. The van der Waals surface area contributed by atoms with E-state index in [1.165, 1.54) is 0 Å². The molecule has 0 bridgehead atoms. The fourth-order valence-corrected chi connectivity index (χ4v) is 2.33. The maximum absolute atomic E-state index is 12.5. The number of hydrogen-bond donors (Lipinski definition) is 0. The van der Waals surface area contributed by atoms with Gasteiger partial charge in [-0.2, -0.15) is 5.26 Å². The van der Waals surface area contributed by atoms with Crippen LogP contribution in [0.15, 0.2) is 30.3 Å². The predicted octanol–water partition coefficient (Wildman–Crippen LogP) is 3.00. The molecule has 0 radical (unpaired) electrons. The summed E-state index contributed by atoms with van der Waals surface area (Å²) < 4.78 is 1.95. The summed E-state index contributed by atoms with van der Waals surface area (Å²) in [5.74, 6) is 0.00388. The minimum atomic E-state index is 0.00388. The van der Waals surface area contributed by atoms with E-state index in [2.05, 4.69) is 19.1 Å². The number of benzene rings is 1. The maximum Gasteiger partial charge on any atom is 0.209 e. The zero-order chi connectivity index (χ0) is 14.0. The fourth-order valence-electron chi connectivity index (χ4n) is 2.33. The normalized spacial score (nSPS) is 10.2. The van der Waals surface area contributed by atoms with E-state index in [1.54, 1.807) is 24.3 Å². The molecule has 0 saturated carbocycles. The van der Waals surface area contributed by atoms with Gasteiger partial charge in [-0.05, 0) is 49.2 Å².